The predicted molar refractivity (Wildman–Crippen MR) is 80.0 cm³/mol. The number of hydrogen-bond donors (Lipinski definition) is 1. The first kappa shape index (κ1) is 19.7. The van der Waals surface area contributed by atoms with Crippen LogP contribution in [-0.4, -0.2) is 22.7 Å². The second-order valence-corrected chi connectivity index (χ2v) is 6.27. The maximum absolute atomic E-state index is 12.6. The summed E-state index contributed by atoms with van der Waals surface area (Å²) in [5.74, 6) is 0. The SMILES string of the molecule is C[C@H]([C@@H](NC(=O)OC(C)(C)C)c1ccc(C(F)(F)F)cc1)[N+](=O)[O-]. The minimum Gasteiger partial charge on any atom is -0.444 e. The van der Waals surface area contributed by atoms with Crippen molar-refractivity contribution in [1.29, 1.82) is 0 Å². The van der Waals surface area contributed by atoms with Crippen LogP contribution in [0.5, 0.6) is 0 Å². The van der Waals surface area contributed by atoms with Gasteiger partial charge in [0.25, 0.3) is 0 Å². The molecule has 6 nitrogen and oxygen atoms in total. The van der Waals surface area contributed by atoms with Crippen molar-refractivity contribution in [2.24, 2.45) is 0 Å². The third-order valence-electron chi connectivity index (χ3n) is 3.08. The van der Waals surface area contributed by atoms with E-state index in [9.17, 15) is 28.1 Å². The topological polar surface area (TPSA) is 81.5 Å². The third-order valence-corrected chi connectivity index (χ3v) is 3.08. The molecule has 1 N–H and O–H groups in total. The van der Waals surface area contributed by atoms with Crippen molar-refractivity contribution >= 4 is 6.09 Å². The van der Waals surface area contributed by atoms with E-state index in [0.717, 1.165) is 24.3 Å². The molecule has 24 heavy (non-hydrogen) atoms. The number of benzene rings is 1. The van der Waals surface area contributed by atoms with Crippen LogP contribution < -0.4 is 5.32 Å². The second-order valence-electron chi connectivity index (χ2n) is 6.27. The van der Waals surface area contributed by atoms with E-state index in [1.54, 1.807) is 20.8 Å². The highest BCUT2D eigenvalue weighted by Crippen LogP contribution is 2.30. The number of ether oxygens (including phenoxy) is 1. The Morgan fingerprint density at radius 2 is 1.71 bits per heavy atom. The number of rotatable bonds is 4. The first-order valence-corrected chi connectivity index (χ1v) is 7.11. The smallest absolute Gasteiger partial charge is 0.416 e. The van der Waals surface area contributed by atoms with E-state index >= 15 is 0 Å². The Bertz CT molecular complexity index is 594. The van der Waals surface area contributed by atoms with Crippen molar-refractivity contribution in [1.82, 2.24) is 5.32 Å². The molecule has 0 saturated heterocycles. The molecule has 134 valence electrons. The molecule has 0 aliphatic rings. The lowest BCUT2D eigenvalue weighted by atomic mass is 9.99. The summed E-state index contributed by atoms with van der Waals surface area (Å²) in [5.41, 5.74) is -1.51. The van der Waals surface area contributed by atoms with Gasteiger partial charge in [0, 0.05) is 11.8 Å². The molecule has 2 atom stereocenters. The number of hydrogen-bond acceptors (Lipinski definition) is 4. The molecule has 0 saturated carbocycles. The zero-order valence-electron chi connectivity index (χ0n) is 13.7. The van der Waals surface area contributed by atoms with Crippen molar-refractivity contribution < 1.29 is 27.6 Å². The highest BCUT2D eigenvalue weighted by atomic mass is 19.4. The Balaban J connectivity index is 3.06. The zero-order valence-corrected chi connectivity index (χ0v) is 13.7. The average Bonchev–Trinajstić information content (AvgIpc) is 2.41. The van der Waals surface area contributed by atoms with Crippen LogP contribution in [0.25, 0.3) is 0 Å². The number of halogens is 3. The number of nitro groups is 1. The molecule has 0 aliphatic carbocycles. The zero-order chi connectivity index (χ0) is 18.7. The number of carbonyl (C=O) groups is 1. The normalized spacial score (nSPS) is 14.6. The number of nitrogens with one attached hydrogen (secondary N) is 1. The van der Waals surface area contributed by atoms with E-state index in [-0.39, 0.29) is 5.56 Å². The quantitative estimate of drug-likeness (QED) is 0.660. The maximum atomic E-state index is 12.6. The first-order valence-electron chi connectivity index (χ1n) is 7.11. The van der Waals surface area contributed by atoms with E-state index in [2.05, 4.69) is 5.32 Å². The van der Waals surface area contributed by atoms with E-state index < -0.39 is 40.4 Å². The van der Waals surface area contributed by atoms with Gasteiger partial charge in [0.15, 0.2) is 0 Å². The van der Waals surface area contributed by atoms with Crippen molar-refractivity contribution in [2.75, 3.05) is 0 Å². The van der Waals surface area contributed by atoms with Crippen LogP contribution in [0.4, 0.5) is 18.0 Å². The van der Waals surface area contributed by atoms with Gasteiger partial charge in [-0.1, -0.05) is 12.1 Å². The van der Waals surface area contributed by atoms with E-state index in [1.165, 1.54) is 6.92 Å². The monoisotopic (exact) mass is 348 g/mol. The lowest BCUT2D eigenvalue weighted by Crippen LogP contribution is -2.41. The Morgan fingerprint density at radius 1 is 1.21 bits per heavy atom. The lowest BCUT2D eigenvalue weighted by molar-refractivity contribution is -0.523. The minimum absolute atomic E-state index is 0.179. The second kappa shape index (κ2) is 7.06. The summed E-state index contributed by atoms with van der Waals surface area (Å²) >= 11 is 0. The molecule has 9 heteroatoms. The first-order chi connectivity index (χ1) is 10.8. The largest absolute Gasteiger partial charge is 0.444 e. The molecule has 0 fully saturated rings. The van der Waals surface area contributed by atoms with Crippen molar-refractivity contribution in [3.05, 3.63) is 45.5 Å². The number of alkyl carbamates (subject to hydrolysis) is 1. The van der Waals surface area contributed by atoms with Crippen LogP contribution in [0.15, 0.2) is 24.3 Å². The Labute approximate surface area is 137 Å². The van der Waals surface area contributed by atoms with Gasteiger partial charge in [0.05, 0.1) is 5.56 Å². The number of carbonyl (C=O) groups excluding carboxylic acids is 1. The fourth-order valence-electron chi connectivity index (χ4n) is 1.92. The van der Waals surface area contributed by atoms with Gasteiger partial charge >= 0.3 is 12.3 Å². The summed E-state index contributed by atoms with van der Waals surface area (Å²) in [6.07, 6.45) is -5.40. The van der Waals surface area contributed by atoms with Crippen LogP contribution in [0, 0.1) is 10.1 Å². The van der Waals surface area contributed by atoms with Gasteiger partial charge in [-0.05, 0) is 38.5 Å². The molecule has 0 spiro atoms. The fraction of sp³-hybridized carbons (Fsp3) is 0.533. The third kappa shape index (κ3) is 5.71. The highest BCUT2D eigenvalue weighted by Gasteiger charge is 2.33. The molecule has 0 aromatic heterocycles. The summed E-state index contributed by atoms with van der Waals surface area (Å²) in [6.45, 7) is 6.11. The van der Waals surface area contributed by atoms with Crippen molar-refractivity contribution in [2.45, 2.75) is 51.6 Å². The molecular weight excluding hydrogens is 329 g/mol. The van der Waals surface area contributed by atoms with Crippen LogP contribution in [0.1, 0.15) is 44.9 Å². The van der Waals surface area contributed by atoms with Crippen LogP contribution in [0.3, 0.4) is 0 Å². The molecule has 0 heterocycles. The number of alkyl halides is 3. The number of nitrogens with zero attached hydrogens (tertiary/aromatic N) is 1. The van der Waals surface area contributed by atoms with Gasteiger partial charge in [-0.15, -0.1) is 0 Å². The predicted octanol–water partition coefficient (Wildman–Crippen LogP) is 3.94. The summed E-state index contributed by atoms with van der Waals surface area (Å²) in [4.78, 5) is 22.3. The molecule has 1 rings (SSSR count). The average molecular weight is 348 g/mol. The standard InChI is InChI=1S/C15H19F3N2O4/c1-9(20(22)23)12(19-13(21)24-14(2,3)4)10-5-7-11(8-6-10)15(16,17)18/h5-9,12H,1-4H3,(H,19,21)/t9-,12-/m1/s1. The van der Waals surface area contributed by atoms with E-state index in [4.69, 9.17) is 4.74 Å². The fourth-order valence-corrected chi connectivity index (χ4v) is 1.92. The molecule has 0 unspecified atom stereocenters. The molecule has 1 aromatic carbocycles. The Morgan fingerprint density at radius 3 is 2.08 bits per heavy atom. The van der Waals surface area contributed by atoms with Crippen LogP contribution >= 0.6 is 0 Å². The molecule has 0 bridgehead atoms. The Kier molecular flexibility index (Phi) is 5.80. The molecule has 1 amide bonds. The summed E-state index contributed by atoms with van der Waals surface area (Å²) < 4.78 is 42.9. The van der Waals surface area contributed by atoms with Crippen molar-refractivity contribution in [3.8, 4) is 0 Å². The van der Waals surface area contributed by atoms with Crippen LogP contribution in [-0.2, 0) is 10.9 Å². The van der Waals surface area contributed by atoms with E-state index in [0.29, 0.717) is 0 Å². The molecule has 0 aliphatic heterocycles. The molecular formula is C15H19F3N2O4. The minimum atomic E-state index is -4.51. The lowest BCUT2D eigenvalue weighted by Gasteiger charge is -2.24. The van der Waals surface area contributed by atoms with Crippen molar-refractivity contribution in [3.63, 3.8) is 0 Å². The van der Waals surface area contributed by atoms with E-state index in [1.807, 2.05) is 0 Å². The Hall–Kier alpha value is -2.32. The van der Waals surface area contributed by atoms with Gasteiger partial charge in [0.1, 0.15) is 11.6 Å². The maximum Gasteiger partial charge on any atom is 0.416 e. The van der Waals surface area contributed by atoms with Gasteiger partial charge in [-0.2, -0.15) is 13.2 Å². The number of amides is 1. The summed E-state index contributed by atoms with van der Waals surface area (Å²) in [6, 6.07) is 1.44. The summed E-state index contributed by atoms with van der Waals surface area (Å²) in [5, 5.41) is 13.4. The van der Waals surface area contributed by atoms with Gasteiger partial charge in [-0.25, -0.2) is 4.79 Å². The summed E-state index contributed by atoms with van der Waals surface area (Å²) in [7, 11) is 0. The molecule has 0 radical (unpaired) electrons. The van der Waals surface area contributed by atoms with Gasteiger partial charge < -0.3 is 10.1 Å². The van der Waals surface area contributed by atoms with Crippen LogP contribution in [0.2, 0.25) is 0 Å². The highest BCUT2D eigenvalue weighted by molar-refractivity contribution is 5.68. The van der Waals surface area contributed by atoms with Gasteiger partial charge in [-0.3, -0.25) is 10.1 Å². The van der Waals surface area contributed by atoms with Gasteiger partial charge in [0.2, 0.25) is 6.04 Å². The molecule has 1 aromatic rings.